The third kappa shape index (κ3) is 3.35. The zero-order valence-electron chi connectivity index (χ0n) is 12.3. The lowest BCUT2D eigenvalue weighted by atomic mass is 9.84. The van der Waals surface area contributed by atoms with Gasteiger partial charge in [-0.25, -0.2) is 8.42 Å². The average Bonchev–Trinajstić information content (AvgIpc) is 2.91. The Labute approximate surface area is 122 Å². The minimum Gasteiger partial charge on any atom is -0.315 e. The Morgan fingerprint density at radius 1 is 1.05 bits per heavy atom. The first kappa shape index (κ1) is 14.8. The van der Waals surface area contributed by atoms with E-state index >= 15 is 0 Å². The van der Waals surface area contributed by atoms with Crippen LogP contribution < -0.4 is 5.32 Å². The molecule has 3 fully saturated rings. The van der Waals surface area contributed by atoms with E-state index in [0.717, 1.165) is 32.6 Å². The highest BCUT2D eigenvalue weighted by Gasteiger charge is 2.31. The average molecular weight is 301 g/mol. The molecule has 2 aliphatic heterocycles. The van der Waals surface area contributed by atoms with Crippen molar-refractivity contribution < 1.29 is 8.42 Å². The molecule has 0 bridgehead atoms. The van der Waals surface area contributed by atoms with Gasteiger partial charge in [0, 0.05) is 38.8 Å². The predicted octanol–water partition coefficient (Wildman–Crippen LogP) is 0.486. The van der Waals surface area contributed by atoms with Gasteiger partial charge in [-0.3, -0.25) is 4.90 Å². The molecule has 2 saturated heterocycles. The number of sulfonamides is 1. The van der Waals surface area contributed by atoms with Crippen molar-refractivity contribution in [1.29, 1.82) is 0 Å². The monoisotopic (exact) mass is 301 g/mol. The molecule has 3 rings (SSSR count). The summed E-state index contributed by atoms with van der Waals surface area (Å²) in [6.07, 6.45) is 5.83. The molecule has 5 nitrogen and oxygen atoms in total. The fourth-order valence-electron chi connectivity index (χ4n) is 3.52. The summed E-state index contributed by atoms with van der Waals surface area (Å²) in [5, 5.41) is 3.38. The van der Waals surface area contributed by atoms with E-state index in [4.69, 9.17) is 0 Å². The number of rotatable bonds is 5. The van der Waals surface area contributed by atoms with Gasteiger partial charge >= 0.3 is 0 Å². The SMILES string of the molecule is O=S(=O)(CCC1CCC1)N1CCN(C2CCNC2)CC1. The molecule has 0 spiro atoms. The zero-order valence-corrected chi connectivity index (χ0v) is 13.1. The van der Waals surface area contributed by atoms with Crippen molar-refractivity contribution in [2.45, 2.75) is 38.1 Å². The maximum atomic E-state index is 12.4. The van der Waals surface area contributed by atoms with Gasteiger partial charge in [-0.05, 0) is 25.3 Å². The van der Waals surface area contributed by atoms with Crippen LogP contribution in [0.3, 0.4) is 0 Å². The summed E-state index contributed by atoms with van der Waals surface area (Å²) in [6, 6.07) is 0.620. The Bertz CT molecular complexity index is 408. The maximum Gasteiger partial charge on any atom is 0.214 e. The summed E-state index contributed by atoms with van der Waals surface area (Å²) in [7, 11) is -3.01. The van der Waals surface area contributed by atoms with Gasteiger partial charge in [-0.1, -0.05) is 19.3 Å². The molecule has 1 N–H and O–H groups in total. The van der Waals surface area contributed by atoms with E-state index in [1.807, 2.05) is 0 Å². The maximum absolute atomic E-state index is 12.4. The molecule has 1 saturated carbocycles. The van der Waals surface area contributed by atoms with Crippen molar-refractivity contribution in [2.24, 2.45) is 5.92 Å². The smallest absolute Gasteiger partial charge is 0.214 e. The molecule has 1 atom stereocenters. The number of nitrogens with one attached hydrogen (secondary N) is 1. The fourth-order valence-corrected chi connectivity index (χ4v) is 5.13. The largest absolute Gasteiger partial charge is 0.315 e. The molecular weight excluding hydrogens is 274 g/mol. The minimum atomic E-state index is -3.01. The number of hydrogen-bond acceptors (Lipinski definition) is 4. The second-order valence-electron chi connectivity index (χ2n) is 6.48. The standard InChI is InChI=1S/C14H27N3O2S/c18-20(19,11-5-13-2-1-3-13)17-9-7-16(8-10-17)14-4-6-15-12-14/h13-15H,1-12H2. The Kier molecular flexibility index (Phi) is 4.65. The Morgan fingerprint density at radius 2 is 1.80 bits per heavy atom. The molecule has 3 aliphatic rings. The molecule has 2 heterocycles. The van der Waals surface area contributed by atoms with E-state index in [0.29, 0.717) is 30.8 Å². The van der Waals surface area contributed by atoms with E-state index in [1.54, 1.807) is 4.31 Å². The second kappa shape index (κ2) is 6.30. The van der Waals surface area contributed by atoms with Gasteiger partial charge in [0.05, 0.1) is 5.75 Å². The Morgan fingerprint density at radius 3 is 2.35 bits per heavy atom. The van der Waals surface area contributed by atoms with Crippen LogP contribution in [0.2, 0.25) is 0 Å². The lowest BCUT2D eigenvalue weighted by Crippen LogP contribution is -2.52. The predicted molar refractivity (Wildman–Crippen MR) is 80.2 cm³/mol. The first-order valence-corrected chi connectivity index (χ1v) is 9.69. The molecule has 1 aliphatic carbocycles. The van der Waals surface area contributed by atoms with Gasteiger partial charge in [0.25, 0.3) is 0 Å². The van der Waals surface area contributed by atoms with Crippen molar-refractivity contribution in [3.63, 3.8) is 0 Å². The van der Waals surface area contributed by atoms with Crippen molar-refractivity contribution in [3.05, 3.63) is 0 Å². The van der Waals surface area contributed by atoms with E-state index in [1.165, 1.54) is 25.7 Å². The minimum absolute atomic E-state index is 0.364. The zero-order chi connectivity index (χ0) is 14.0. The Balaban J connectivity index is 1.46. The van der Waals surface area contributed by atoms with Crippen molar-refractivity contribution in [2.75, 3.05) is 45.0 Å². The van der Waals surface area contributed by atoms with E-state index in [-0.39, 0.29) is 0 Å². The normalized spacial score (nSPS) is 30.5. The van der Waals surface area contributed by atoms with E-state index < -0.39 is 10.0 Å². The van der Waals surface area contributed by atoms with Crippen LogP contribution in [0, 0.1) is 5.92 Å². The van der Waals surface area contributed by atoms with E-state index in [2.05, 4.69) is 10.2 Å². The van der Waals surface area contributed by atoms with Crippen LogP contribution >= 0.6 is 0 Å². The van der Waals surface area contributed by atoms with Crippen LogP contribution in [0.1, 0.15) is 32.1 Å². The molecule has 116 valence electrons. The highest BCUT2D eigenvalue weighted by atomic mass is 32.2. The van der Waals surface area contributed by atoms with Gasteiger partial charge in [0.1, 0.15) is 0 Å². The van der Waals surface area contributed by atoms with Gasteiger partial charge in [0.2, 0.25) is 10.0 Å². The van der Waals surface area contributed by atoms with Crippen molar-refractivity contribution in [3.8, 4) is 0 Å². The number of nitrogens with zero attached hydrogens (tertiary/aromatic N) is 2. The quantitative estimate of drug-likeness (QED) is 0.803. The van der Waals surface area contributed by atoms with Crippen LogP contribution in [0.15, 0.2) is 0 Å². The second-order valence-corrected chi connectivity index (χ2v) is 8.57. The van der Waals surface area contributed by atoms with Gasteiger partial charge in [-0.15, -0.1) is 0 Å². The van der Waals surface area contributed by atoms with Crippen LogP contribution in [-0.4, -0.2) is 68.7 Å². The molecule has 0 amide bonds. The van der Waals surface area contributed by atoms with Crippen molar-refractivity contribution in [1.82, 2.24) is 14.5 Å². The van der Waals surface area contributed by atoms with Crippen LogP contribution in [0.25, 0.3) is 0 Å². The summed E-state index contributed by atoms with van der Waals surface area (Å²) >= 11 is 0. The molecule has 20 heavy (non-hydrogen) atoms. The topological polar surface area (TPSA) is 52.7 Å². The van der Waals surface area contributed by atoms with Crippen LogP contribution in [-0.2, 0) is 10.0 Å². The van der Waals surface area contributed by atoms with Crippen LogP contribution in [0.5, 0.6) is 0 Å². The van der Waals surface area contributed by atoms with Gasteiger partial charge in [-0.2, -0.15) is 4.31 Å². The molecule has 1 unspecified atom stereocenters. The van der Waals surface area contributed by atoms with Crippen LogP contribution in [0.4, 0.5) is 0 Å². The summed E-state index contributed by atoms with van der Waals surface area (Å²) in [4.78, 5) is 2.46. The molecular formula is C14H27N3O2S. The number of hydrogen-bond donors (Lipinski definition) is 1. The third-order valence-electron chi connectivity index (χ3n) is 5.23. The first-order valence-electron chi connectivity index (χ1n) is 8.08. The highest BCUT2D eigenvalue weighted by molar-refractivity contribution is 7.89. The Hall–Kier alpha value is -0.170. The molecule has 0 aromatic rings. The summed E-state index contributed by atoms with van der Waals surface area (Å²) < 4.78 is 26.4. The first-order chi connectivity index (χ1) is 9.65. The summed E-state index contributed by atoms with van der Waals surface area (Å²) in [5.74, 6) is 1.04. The highest BCUT2D eigenvalue weighted by Crippen LogP contribution is 2.30. The fraction of sp³-hybridized carbons (Fsp3) is 1.00. The third-order valence-corrected chi connectivity index (χ3v) is 7.13. The lowest BCUT2D eigenvalue weighted by Gasteiger charge is -2.37. The van der Waals surface area contributed by atoms with Gasteiger partial charge < -0.3 is 5.32 Å². The molecule has 0 aromatic carbocycles. The summed E-state index contributed by atoms with van der Waals surface area (Å²) in [6.45, 7) is 5.33. The van der Waals surface area contributed by atoms with Crippen molar-refractivity contribution >= 4 is 10.0 Å². The molecule has 0 aromatic heterocycles. The van der Waals surface area contributed by atoms with Gasteiger partial charge in [0.15, 0.2) is 0 Å². The number of piperazine rings is 1. The molecule has 0 radical (unpaired) electrons. The molecule has 6 heteroatoms. The summed E-state index contributed by atoms with van der Waals surface area (Å²) in [5.41, 5.74) is 0. The lowest BCUT2D eigenvalue weighted by molar-refractivity contribution is 0.145. The van der Waals surface area contributed by atoms with E-state index in [9.17, 15) is 8.42 Å².